The van der Waals surface area contributed by atoms with E-state index in [4.69, 9.17) is 11.6 Å². The van der Waals surface area contributed by atoms with E-state index in [1.165, 1.54) is 6.20 Å². The third-order valence-electron chi connectivity index (χ3n) is 2.65. The number of nitrogens with one attached hydrogen (secondary N) is 1. The summed E-state index contributed by atoms with van der Waals surface area (Å²) in [6.45, 7) is 2.03. The van der Waals surface area contributed by atoms with Crippen molar-refractivity contribution in [2.24, 2.45) is 0 Å². The van der Waals surface area contributed by atoms with Crippen LogP contribution >= 0.6 is 11.6 Å². The number of amides is 2. The van der Waals surface area contributed by atoms with E-state index < -0.39 is 0 Å². The minimum Gasteiger partial charge on any atom is -0.335 e. The molecule has 17 heavy (non-hydrogen) atoms. The van der Waals surface area contributed by atoms with Crippen LogP contribution in [0.5, 0.6) is 0 Å². The highest BCUT2D eigenvalue weighted by molar-refractivity contribution is 6.30. The molecule has 6 heteroatoms. The molecule has 2 rings (SSSR count). The average Bonchev–Trinajstić information content (AvgIpc) is 2.29. The van der Waals surface area contributed by atoms with E-state index in [1.54, 1.807) is 17.0 Å². The number of aromatic nitrogens is 1. The number of rotatable bonds is 2. The van der Waals surface area contributed by atoms with Crippen LogP contribution in [0.2, 0.25) is 5.02 Å². The molecule has 1 N–H and O–H groups in total. The van der Waals surface area contributed by atoms with E-state index in [-0.39, 0.29) is 24.4 Å². The largest absolute Gasteiger partial charge is 0.335 e. The second-order valence-corrected chi connectivity index (χ2v) is 4.24. The SMILES string of the molecule is CCC1C(=O)NC(=O)CN1c1ccc(Cl)cn1. The zero-order valence-corrected chi connectivity index (χ0v) is 10.1. The van der Waals surface area contributed by atoms with Gasteiger partial charge in [-0.2, -0.15) is 0 Å². The van der Waals surface area contributed by atoms with Crippen molar-refractivity contribution in [3.8, 4) is 0 Å². The number of anilines is 1. The molecule has 1 saturated heterocycles. The number of hydrogen-bond donors (Lipinski definition) is 1. The third-order valence-corrected chi connectivity index (χ3v) is 2.87. The van der Waals surface area contributed by atoms with Crippen LogP contribution in [0.4, 0.5) is 5.82 Å². The van der Waals surface area contributed by atoms with Gasteiger partial charge in [-0.3, -0.25) is 14.9 Å². The number of pyridine rings is 1. The van der Waals surface area contributed by atoms with Crippen molar-refractivity contribution in [3.05, 3.63) is 23.4 Å². The predicted octanol–water partition coefficient (Wildman–Crippen LogP) is 0.976. The van der Waals surface area contributed by atoms with E-state index in [0.717, 1.165) is 0 Å². The minimum absolute atomic E-state index is 0.138. The van der Waals surface area contributed by atoms with Crippen molar-refractivity contribution >= 4 is 29.2 Å². The molecule has 0 bridgehead atoms. The predicted molar refractivity (Wildman–Crippen MR) is 63.8 cm³/mol. The molecule has 1 unspecified atom stereocenters. The molecular weight excluding hydrogens is 242 g/mol. The molecule has 1 aromatic rings. The zero-order chi connectivity index (χ0) is 12.4. The van der Waals surface area contributed by atoms with Gasteiger partial charge in [0.05, 0.1) is 11.6 Å². The quantitative estimate of drug-likeness (QED) is 0.798. The zero-order valence-electron chi connectivity index (χ0n) is 9.31. The second-order valence-electron chi connectivity index (χ2n) is 3.80. The number of carbonyl (C=O) groups excluding carboxylic acids is 2. The van der Waals surface area contributed by atoms with Gasteiger partial charge in [0, 0.05) is 6.20 Å². The Bertz CT molecular complexity index is 447. The van der Waals surface area contributed by atoms with Crippen LogP contribution in [0.1, 0.15) is 13.3 Å². The normalized spacial score (nSPS) is 20.4. The first-order chi connectivity index (χ1) is 8.11. The third kappa shape index (κ3) is 2.39. The summed E-state index contributed by atoms with van der Waals surface area (Å²) in [6, 6.07) is 3.03. The molecule has 0 spiro atoms. The topological polar surface area (TPSA) is 62.3 Å². The lowest BCUT2D eigenvalue weighted by atomic mass is 10.1. The first-order valence-electron chi connectivity index (χ1n) is 5.33. The fourth-order valence-electron chi connectivity index (χ4n) is 1.85. The summed E-state index contributed by atoms with van der Waals surface area (Å²) in [5.41, 5.74) is 0. The average molecular weight is 254 g/mol. The van der Waals surface area contributed by atoms with Gasteiger partial charge in [-0.1, -0.05) is 18.5 Å². The van der Waals surface area contributed by atoms with E-state index >= 15 is 0 Å². The molecule has 1 aliphatic heterocycles. The minimum atomic E-state index is -0.360. The van der Waals surface area contributed by atoms with Gasteiger partial charge in [0.25, 0.3) is 0 Å². The maximum atomic E-state index is 11.7. The van der Waals surface area contributed by atoms with Crippen molar-refractivity contribution in [2.75, 3.05) is 11.4 Å². The lowest BCUT2D eigenvalue weighted by molar-refractivity contribution is -0.132. The summed E-state index contributed by atoms with van der Waals surface area (Å²) in [5, 5.41) is 2.84. The highest BCUT2D eigenvalue weighted by Crippen LogP contribution is 2.19. The number of halogens is 1. The molecule has 0 aliphatic carbocycles. The summed E-state index contributed by atoms with van der Waals surface area (Å²) < 4.78 is 0. The Hall–Kier alpha value is -1.62. The Morgan fingerprint density at radius 2 is 2.29 bits per heavy atom. The van der Waals surface area contributed by atoms with Crippen molar-refractivity contribution in [1.29, 1.82) is 0 Å². The lowest BCUT2D eigenvalue weighted by Gasteiger charge is -2.34. The molecule has 1 fully saturated rings. The maximum absolute atomic E-state index is 11.7. The Labute approximate surface area is 104 Å². The van der Waals surface area contributed by atoms with Crippen LogP contribution < -0.4 is 10.2 Å². The molecule has 0 radical (unpaired) electrons. The molecule has 2 amide bonds. The maximum Gasteiger partial charge on any atom is 0.249 e. The Morgan fingerprint density at radius 1 is 1.53 bits per heavy atom. The van der Waals surface area contributed by atoms with Gasteiger partial charge in [-0.25, -0.2) is 4.98 Å². The molecule has 0 saturated carbocycles. The molecular formula is C11H12ClN3O2. The summed E-state index contributed by atoms with van der Waals surface area (Å²) in [5.74, 6) is 0.00130. The van der Waals surface area contributed by atoms with Gasteiger partial charge in [0.15, 0.2) is 0 Å². The summed E-state index contributed by atoms with van der Waals surface area (Å²) >= 11 is 5.75. The van der Waals surface area contributed by atoms with Gasteiger partial charge >= 0.3 is 0 Å². The smallest absolute Gasteiger partial charge is 0.249 e. The molecule has 0 aromatic carbocycles. The molecule has 2 heterocycles. The van der Waals surface area contributed by atoms with Crippen LogP contribution in [-0.2, 0) is 9.59 Å². The van der Waals surface area contributed by atoms with Crippen LogP contribution in [0, 0.1) is 0 Å². The Kier molecular flexibility index (Phi) is 3.28. The van der Waals surface area contributed by atoms with Gasteiger partial charge in [-0.15, -0.1) is 0 Å². The lowest BCUT2D eigenvalue weighted by Crippen LogP contribution is -2.58. The van der Waals surface area contributed by atoms with Crippen molar-refractivity contribution in [2.45, 2.75) is 19.4 Å². The van der Waals surface area contributed by atoms with Gasteiger partial charge in [-0.05, 0) is 18.6 Å². The van der Waals surface area contributed by atoms with E-state index in [2.05, 4.69) is 10.3 Å². The molecule has 1 atom stereocenters. The van der Waals surface area contributed by atoms with Crippen molar-refractivity contribution < 1.29 is 9.59 Å². The van der Waals surface area contributed by atoms with Gasteiger partial charge in [0.2, 0.25) is 11.8 Å². The van der Waals surface area contributed by atoms with Crippen LogP contribution in [0.15, 0.2) is 18.3 Å². The molecule has 90 valence electrons. The van der Waals surface area contributed by atoms with E-state index in [9.17, 15) is 9.59 Å². The number of imide groups is 1. The van der Waals surface area contributed by atoms with E-state index in [1.807, 2.05) is 6.92 Å². The van der Waals surface area contributed by atoms with Gasteiger partial charge in [0.1, 0.15) is 11.9 Å². The Balaban J connectivity index is 2.30. The van der Waals surface area contributed by atoms with Crippen LogP contribution in [-0.4, -0.2) is 29.4 Å². The number of nitrogens with zero attached hydrogens (tertiary/aromatic N) is 2. The van der Waals surface area contributed by atoms with Crippen molar-refractivity contribution in [3.63, 3.8) is 0 Å². The van der Waals surface area contributed by atoms with Crippen molar-refractivity contribution in [1.82, 2.24) is 10.3 Å². The number of hydrogen-bond acceptors (Lipinski definition) is 4. The standard InChI is InChI=1S/C11H12ClN3O2/c1-2-8-11(17)14-10(16)6-15(8)9-4-3-7(12)5-13-9/h3-5,8H,2,6H2,1H3,(H,14,16,17). The number of carbonyl (C=O) groups is 2. The van der Waals surface area contributed by atoms with Crippen LogP contribution in [0.3, 0.4) is 0 Å². The second kappa shape index (κ2) is 4.71. The highest BCUT2D eigenvalue weighted by Gasteiger charge is 2.32. The highest BCUT2D eigenvalue weighted by atomic mass is 35.5. The Morgan fingerprint density at radius 3 is 2.88 bits per heavy atom. The molecule has 1 aromatic heterocycles. The monoisotopic (exact) mass is 253 g/mol. The fraction of sp³-hybridized carbons (Fsp3) is 0.364. The fourth-order valence-corrected chi connectivity index (χ4v) is 1.96. The van der Waals surface area contributed by atoms with Crippen LogP contribution in [0.25, 0.3) is 0 Å². The summed E-state index contributed by atoms with van der Waals surface area (Å²) in [6.07, 6.45) is 2.12. The van der Waals surface area contributed by atoms with Gasteiger partial charge < -0.3 is 4.90 Å². The van der Waals surface area contributed by atoms with E-state index in [0.29, 0.717) is 17.3 Å². The summed E-state index contributed by atoms with van der Waals surface area (Å²) in [4.78, 5) is 28.8. The number of piperazine rings is 1. The molecule has 5 nitrogen and oxygen atoms in total. The summed E-state index contributed by atoms with van der Waals surface area (Å²) in [7, 11) is 0. The first-order valence-corrected chi connectivity index (χ1v) is 5.71. The molecule has 1 aliphatic rings. The first kappa shape index (κ1) is 11.9.